The smallest absolute Gasteiger partial charge is 0.253 e. The second-order valence-electron chi connectivity index (χ2n) is 5.07. The number of thiophene rings is 3. The first kappa shape index (κ1) is 16.1. The normalized spacial score (nSPS) is 10.7. The van der Waals surface area contributed by atoms with Crippen molar-refractivity contribution in [3.8, 4) is 19.5 Å². The predicted octanol–water partition coefficient (Wildman–Crippen LogP) is 4.99. The second-order valence-corrected chi connectivity index (χ2v) is 8.66. The van der Waals surface area contributed by atoms with E-state index in [0.29, 0.717) is 11.1 Å². The van der Waals surface area contributed by atoms with Crippen LogP contribution < -0.4 is 5.32 Å². The topological polar surface area (TPSA) is 46.2 Å². The minimum absolute atomic E-state index is 0.219. The first-order chi connectivity index (χ1) is 11.0. The van der Waals surface area contributed by atoms with Crippen LogP contribution in [0.3, 0.4) is 0 Å². The van der Waals surface area contributed by atoms with E-state index in [-0.39, 0.29) is 5.91 Å². The van der Waals surface area contributed by atoms with Crippen molar-refractivity contribution in [2.45, 2.75) is 13.8 Å². The van der Waals surface area contributed by atoms with Crippen molar-refractivity contribution < 1.29 is 9.59 Å². The SMILES string of the molecule is CNC(=O)c1c(-c2ccc(C)s2)sc(-c2ccc(C)s2)c1C=O. The molecule has 0 saturated carbocycles. The Morgan fingerprint density at radius 3 is 1.96 bits per heavy atom. The second kappa shape index (κ2) is 6.39. The molecule has 0 aliphatic heterocycles. The van der Waals surface area contributed by atoms with Gasteiger partial charge >= 0.3 is 0 Å². The maximum atomic E-state index is 12.4. The molecule has 0 aliphatic rings. The summed E-state index contributed by atoms with van der Waals surface area (Å²) >= 11 is 4.79. The minimum Gasteiger partial charge on any atom is -0.355 e. The van der Waals surface area contributed by atoms with Crippen LogP contribution >= 0.6 is 34.0 Å². The highest BCUT2D eigenvalue weighted by Gasteiger charge is 2.25. The van der Waals surface area contributed by atoms with Crippen LogP contribution in [0.5, 0.6) is 0 Å². The third-order valence-electron chi connectivity index (χ3n) is 3.45. The first-order valence-corrected chi connectivity index (χ1v) is 9.47. The van der Waals surface area contributed by atoms with Gasteiger partial charge in [0, 0.05) is 32.1 Å². The van der Waals surface area contributed by atoms with Gasteiger partial charge < -0.3 is 5.32 Å². The fourth-order valence-electron chi connectivity index (χ4n) is 2.38. The summed E-state index contributed by atoms with van der Waals surface area (Å²) in [6.45, 7) is 4.07. The molecule has 0 saturated heterocycles. The number of carbonyl (C=O) groups excluding carboxylic acids is 2. The highest BCUT2D eigenvalue weighted by atomic mass is 32.1. The average Bonchev–Trinajstić information content (AvgIpc) is 3.23. The maximum absolute atomic E-state index is 12.4. The van der Waals surface area contributed by atoms with Gasteiger partial charge in [-0.25, -0.2) is 0 Å². The highest BCUT2D eigenvalue weighted by Crippen LogP contribution is 2.45. The van der Waals surface area contributed by atoms with Crippen molar-refractivity contribution in [2.24, 2.45) is 0 Å². The number of carbonyl (C=O) groups is 2. The lowest BCUT2D eigenvalue weighted by atomic mass is 10.1. The Labute approximate surface area is 146 Å². The number of amides is 1. The van der Waals surface area contributed by atoms with Gasteiger partial charge in [-0.15, -0.1) is 34.0 Å². The van der Waals surface area contributed by atoms with E-state index >= 15 is 0 Å². The molecule has 0 fully saturated rings. The van der Waals surface area contributed by atoms with Crippen molar-refractivity contribution in [1.29, 1.82) is 0 Å². The van der Waals surface area contributed by atoms with Gasteiger partial charge in [-0.3, -0.25) is 9.59 Å². The summed E-state index contributed by atoms with van der Waals surface area (Å²) in [6, 6.07) is 8.08. The van der Waals surface area contributed by atoms with E-state index in [0.717, 1.165) is 25.8 Å². The fraction of sp³-hybridized carbons (Fsp3) is 0.176. The lowest BCUT2D eigenvalue weighted by Crippen LogP contribution is -2.19. The molecule has 6 heteroatoms. The van der Waals surface area contributed by atoms with Crippen LogP contribution in [-0.2, 0) is 0 Å². The molecule has 1 N–H and O–H groups in total. The Morgan fingerprint density at radius 1 is 0.957 bits per heavy atom. The molecule has 3 heterocycles. The molecule has 3 aromatic rings. The predicted molar refractivity (Wildman–Crippen MR) is 99.2 cm³/mol. The Morgan fingerprint density at radius 2 is 1.52 bits per heavy atom. The summed E-state index contributed by atoms with van der Waals surface area (Å²) < 4.78 is 0. The summed E-state index contributed by atoms with van der Waals surface area (Å²) in [5, 5.41) is 2.66. The molecule has 0 radical (unpaired) electrons. The van der Waals surface area contributed by atoms with E-state index in [9.17, 15) is 9.59 Å². The van der Waals surface area contributed by atoms with E-state index < -0.39 is 0 Å². The standard InChI is InChI=1S/C17H15NO2S3/c1-9-4-6-12(21-9)15-11(8-19)14(17(20)18-3)16(23-15)13-7-5-10(2)22-13/h4-8H,1-3H3,(H,18,20). The molecular weight excluding hydrogens is 346 g/mol. The number of hydrogen-bond acceptors (Lipinski definition) is 5. The van der Waals surface area contributed by atoms with Gasteiger partial charge in [0.15, 0.2) is 6.29 Å². The molecule has 118 valence electrons. The summed E-state index contributed by atoms with van der Waals surface area (Å²) in [5.41, 5.74) is 0.965. The van der Waals surface area contributed by atoms with Gasteiger partial charge in [-0.05, 0) is 38.1 Å². The van der Waals surface area contributed by atoms with Crippen molar-refractivity contribution >= 4 is 46.2 Å². The maximum Gasteiger partial charge on any atom is 0.253 e. The molecule has 0 atom stereocenters. The van der Waals surface area contributed by atoms with Crippen LogP contribution in [0.2, 0.25) is 0 Å². The monoisotopic (exact) mass is 361 g/mol. The zero-order chi connectivity index (χ0) is 16.6. The summed E-state index contributed by atoms with van der Waals surface area (Å²) in [4.78, 5) is 30.3. The third-order valence-corrected chi connectivity index (χ3v) is 7.01. The molecule has 0 unspecified atom stereocenters. The van der Waals surface area contributed by atoms with Crippen LogP contribution in [0.4, 0.5) is 0 Å². The van der Waals surface area contributed by atoms with Crippen molar-refractivity contribution in [2.75, 3.05) is 7.05 Å². The Bertz CT molecular complexity index is 886. The van der Waals surface area contributed by atoms with E-state index in [1.807, 2.05) is 38.1 Å². The largest absolute Gasteiger partial charge is 0.355 e. The quantitative estimate of drug-likeness (QED) is 0.665. The van der Waals surface area contributed by atoms with Crippen molar-refractivity contribution in [1.82, 2.24) is 5.32 Å². The zero-order valence-electron chi connectivity index (χ0n) is 12.9. The van der Waals surface area contributed by atoms with Gasteiger partial charge in [0.25, 0.3) is 5.91 Å². The van der Waals surface area contributed by atoms with Gasteiger partial charge in [0.2, 0.25) is 0 Å². The first-order valence-electron chi connectivity index (χ1n) is 7.02. The van der Waals surface area contributed by atoms with Crippen LogP contribution in [0.15, 0.2) is 24.3 Å². The molecule has 0 spiro atoms. The van der Waals surface area contributed by atoms with E-state index in [1.165, 1.54) is 21.1 Å². The van der Waals surface area contributed by atoms with Crippen molar-refractivity contribution in [3.63, 3.8) is 0 Å². The molecule has 3 rings (SSSR count). The van der Waals surface area contributed by atoms with Gasteiger partial charge in [0.1, 0.15) is 0 Å². The molecule has 1 amide bonds. The summed E-state index contributed by atoms with van der Waals surface area (Å²) in [7, 11) is 1.59. The van der Waals surface area contributed by atoms with E-state index in [2.05, 4.69) is 5.32 Å². The number of nitrogens with one attached hydrogen (secondary N) is 1. The minimum atomic E-state index is -0.219. The molecule has 23 heavy (non-hydrogen) atoms. The highest BCUT2D eigenvalue weighted by molar-refractivity contribution is 7.27. The number of aldehydes is 1. The van der Waals surface area contributed by atoms with Gasteiger partial charge in [-0.1, -0.05) is 0 Å². The molecule has 0 aromatic carbocycles. The van der Waals surface area contributed by atoms with E-state index in [4.69, 9.17) is 0 Å². The Hall–Kier alpha value is -1.76. The van der Waals surface area contributed by atoms with Crippen LogP contribution in [0, 0.1) is 13.8 Å². The van der Waals surface area contributed by atoms with Crippen LogP contribution in [0.1, 0.15) is 30.5 Å². The Kier molecular flexibility index (Phi) is 4.48. The van der Waals surface area contributed by atoms with Crippen LogP contribution in [-0.4, -0.2) is 19.2 Å². The average molecular weight is 362 g/mol. The Balaban J connectivity index is 2.28. The zero-order valence-corrected chi connectivity index (χ0v) is 15.4. The molecule has 3 nitrogen and oxygen atoms in total. The van der Waals surface area contributed by atoms with Crippen LogP contribution in [0.25, 0.3) is 19.5 Å². The third kappa shape index (κ3) is 2.89. The van der Waals surface area contributed by atoms with Gasteiger partial charge in [0.05, 0.1) is 15.3 Å². The lowest BCUT2D eigenvalue weighted by molar-refractivity contribution is 0.0958. The molecule has 3 aromatic heterocycles. The van der Waals surface area contributed by atoms with Crippen molar-refractivity contribution in [3.05, 3.63) is 45.1 Å². The molecule has 0 bridgehead atoms. The molecular formula is C17H15NO2S3. The number of hydrogen-bond donors (Lipinski definition) is 1. The number of rotatable bonds is 4. The summed E-state index contributed by atoms with van der Waals surface area (Å²) in [5.74, 6) is -0.219. The molecule has 0 aliphatic carbocycles. The number of aryl methyl sites for hydroxylation is 2. The van der Waals surface area contributed by atoms with E-state index in [1.54, 1.807) is 29.7 Å². The lowest BCUT2D eigenvalue weighted by Gasteiger charge is -2.02. The van der Waals surface area contributed by atoms with Gasteiger partial charge in [-0.2, -0.15) is 0 Å². The fourth-order valence-corrected chi connectivity index (χ4v) is 5.62. The summed E-state index contributed by atoms with van der Waals surface area (Å²) in [6.07, 6.45) is 0.801.